The molecule has 12 heavy (non-hydrogen) atoms. The Balaban J connectivity index is 2.84. The maximum Gasteiger partial charge on any atom is 0.349 e. The number of carbonyl (C=O) groups excluding carboxylic acids is 1. The number of halogens is 1. The first-order valence-electron chi connectivity index (χ1n) is 3.81. The Bertz CT molecular complexity index is 209. The lowest BCUT2D eigenvalue weighted by Gasteiger charge is -2.34. The second-order valence-electron chi connectivity index (χ2n) is 4.05. The molecule has 0 aromatic carbocycles. The number of hydrogen-bond acceptors (Lipinski definition) is 3. The van der Waals surface area contributed by atoms with Gasteiger partial charge in [0.1, 0.15) is 0 Å². The molecule has 1 aliphatic heterocycles. The number of rotatable bonds is 0. The van der Waals surface area contributed by atoms with Crippen LogP contribution in [0.15, 0.2) is 0 Å². The molecule has 0 saturated carbocycles. The Morgan fingerprint density at radius 2 is 2.00 bits per heavy atom. The van der Waals surface area contributed by atoms with E-state index in [4.69, 9.17) is 9.47 Å². The first-order chi connectivity index (χ1) is 5.26. The van der Waals surface area contributed by atoms with Crippen molar-refractivity contribution in [3.05, 3.63) is 0 Å². The topological polar surface area (TPSA) is 35.5 Å². The van der Waals surface area contributed by atoms with Crippen LogP contribution in [-0.2, 0) is 14.3 Å². The normalized spacial score (nSPS) is 36.8. The fourth-order valence-electron chi connectivity index (χ4n) is 0.838. The zero-order valence-corrected chi connectivity index (χ0v) is 9.27. The van der Waals surface area contributed by atoms with Gasteiger partial charge in [0, 0.05) is 12.3 Å². The molecule has 0 aromatic rings. The van der Waals surface area contributed by atoms with E-state index in [0.29, 0.717) is 0 Å². The lowest BCUT2D eigenvalue weighted by atomic mass is 9.87. The van der Waals surface area contributed by atoms with Crippen LogP contribution in [0.5, 0.6) is 0 Å². The Hall–Kier alpha value is -0.0900. The summed E-state index contributed by atoms with van der Waals surface area (Å²) in [5.41, 5.74) is -0.217. The zero-order valence-electron chi connectivity index (χ0n) is 7.68. The molecule has 0 spiro atoms. The van der Waals surface area contributed by atoms with Crippen LogP contribution in [0.4, 0.5) is 0 Å². The van der Waals surface area contributed by atoms with Gasteiger partial charge >= 0.3 is 5.97 Å². The minimum Gasteiger partial charge on any atom is -0.430 e. The van der Waals surface area contributed by atoms with E-state index in [-0.39, 0.29) is 11.4 Å². The van der Waals surface area contributed by atoms with Crippen molar-refractivity contribution < 1.29 is 14.3 Å². The highest BCUT2D eigenvalue weighted by atomic mass is 79.9. The Labute approximate surface area is 80.5 Å². The molecular formula is C8H13BrO3. The van der Waals surface area contributed by atoms with Crippen molar-refractivity contribution in [2.45, 2.75) is 38.5 Å². The fraction of sp³-hybridized carbons (Fsp3) is 0.875. The standard InChI is InChI=1S/C8H13BrO3/c1-7(2,3)8(4)11-5(9)6(10)12-8/h5H,1-4H3/t5-,8-/m1/s1. The van der Waals surface area contributed by atoms with Crippen molar-refractivity contribution in [2.75, 3.05) is 0 Å². The van der Waals surface area contributed by atoms with Gasteiger partial charge in [0.15, 0.2) is 0 Å². The molecule has 1 aliphatic rings. The lowest BCUT2D eigenvalue weighted by molar-refractivity contribution is -0.211. The largest absolute Gasteiger partial charge is 0.430 e. The molecule has 0 aliphatic carbocycles. The number of ether oxygens (including phenoxy) is 2. The second-order valence-corrected chi connectivity index (χ2v) is 4.88. The van der Waals surface area contributed by atoms with E-state index in [9.17, 15) is 4.79 Å². The van der Waals surface area contributed by atoms with Crippen molar-refractivity contribution in [3.8, 4) is 0 Å². The highest BCUT2D eigenvalue weighted by Gasteiger charge is 2.51. The number of cyclic esters (lactones) is 1. The highest BCUT2D eigenvalue weighted by Crippen LogP contribution is 2.41. The van der Waals surface area contributed by atoms with Crippen LogP contribution in [0, 0.1) is 5.41 Å². The first kappa shape index (κ1) is 9.99. The molecule has 0 amide bonds. The van der Waals surface area contributed by atoms with E-state index >= 15 is 0 Å². The molecular weight excluding hydrogens is 224 g/mol. The van der Waals surface area contributed by atoms with Gasteiger partial charge in [-0.25, -0.2) is 4.79 Å². The highest BCUT2D eigenvalue weighted by molar-refractivity contribution is 9.09. The average Bonchev–Trinajstić information content (AvgIpc) is 2.06. The summed E-state index contributed by atoms with van der Waals surface area (Å²) in [5.74, 6) is -1.18. The van der Waals surface area contributed by atoms with Gasteiger partial charge in [-0.3, -0.25) is 0 Å². The number of esters is 1. The van der Waals surface area contributed by atoms with Gasteiger partial charge in [0.05, 0.1) is 0 Å². The quantitative estimate of drug-likeness (QED) is 0.477. The van der Waals surface area contributed by atoms with Crippen molar-refractivity contribution in [2.24, 2.45) is 5.41 Å². The van der Waals surface area contributed by atoms with Crippen LogP contribution in [0.1, 0.15) is 27.7 Å². The van der Waals surface area contributed by atoms with Crippen LogP contribution < -0.4 is 0 Å². The van der Waals surface area contributed by atoms with Crippen LogP contribution in [0.25, 0.3) is 0 Å². The number of carbonyl (C=O) groups is 1. The summed E-state index contributed by atoms with van der Waals surface area (Å²) in [6, 6.07) is 0. The zero-order chi connectivity index (χ0) is 9.57. The van der Waals surface area contributed by atoms with Gasteiger partial charge in [-0.15, -0.1) is 0 Å². The third-order valence-electron chi connectivity index (χ3n) is 2.17. The SMILES string of the molecule is CC(C)(C)[C@@]1(C)OC(=O)[C@H](Br)O1. The van der Waals surface area contributed by atoms with Gasteiger partial charge in [-0.05, 0) is 15.9 Å². The molecule has 0 N–H and O–H groups in total. The van der Waals surface area contributed by atoms with Crippen molar-refractivity contribution >= 4 is 21.9 Å². The minimum absolute atomic E-state index is 0.217. The Kier molecular flexibility index (Phi) is 2.25. The summed E-state index contributed by atoms with van der Waals surface area (Å²) < 4.78 is 10.5. The van der Waals surface area contributed by atoms with Gasteiger partial charge in [-0.2, -0.15) is 0 Å². The van der Waals surface area contributed by atoms with E-state index in [1.54, 1.807) is 6.92 Å². The molecule has 2 atom stereocenters. The maximum absolute atomic E-state index is 11.0. The summed E-state index contributed by atoms with van der Waals surface area (Å²) in [7, 11) is 0. The summed E-state index contributed by atoms with van der Waals surface area (Å²) in [6.07, 6.45) is 0. The Morgan fingerprint density at radius 1 is 1.50 bits per heavy atom. The third kappa shape index (κ3) is 1.50. The minimum atomic E-state index is -0.821. The summed E-state index contributed by atoms with van der Waals surface area (Å²) in [5, 5.41) is -0.623. The van der Waals surface area contributed by atoms with Crippen LogP contribution in [-0.4, -0.2) is 16.8 Å². The number of alkyl halides is 1. The molecule has 0 radical (unpaired) electrons. The summed E-state index contributed by atoms with van der Waals surface area (Å²) in [6.45, 7) is 7.66. The van der Waals surface area contributed by atoms with E-state index in [0.717, 1.165) is 0 Å². The smallest absolute Gasteiger partial charge is 0.349 e. The fourth-order valence-corrected chi connectivity index (χ4v) is 1.29. The molecule has 0 aromatic heterocycles. The van der Waals surface area contributed by atoms with Gasteiger partial charge in [0.25, 0.3) is 0 Å². The van der Waals surface area contributed by atoms with Crippen LogP contribution in [0.2, 0.25) is 0 Å². The van der Waals surface area contributed by atoms with Gasteiger partial charge in [0.2, 0.25) is 10.8 Å². The van der Waals surface area contributed by atoms with E-state index < -0.39 is 10.8 Å². The predicted octanol–water partition coefficient (Wildman–Crippen LogP) is 2.04. The van der Waals surface area contributed by atoms with Crippen LogP contribution in [0.3, 0.4) is 0 Å². The molecule has 3 nitrogen and oxygen atoms in total. The molecule has 0 unspecified atom stereocenters. The van der Waals surface area contributed by atoms with Crippen LogP contribution >= 0.6 is 15.9 Å². The third-order valence-corrected chi connectivity index (χ3v) is 2.73. The lowest BCUT2D eigenvalue weighted by Crippen LogP contribution is -2.41. The van der Waals surface area contributed by atoms with Crippen molar-refractivity contribution in [1.29, 1.82) is 0 Å². The van der Waals surface area contributed by atoms with Gasteiger partial charge in [-0.1, -0.05) is 20.8 Å². The summed E-state index contributed by atoms with van der Waals surface area (Å²) in [4.78, 5) is 11.0. The molecule has 0 bridgehead atoms. The molecule has 1 rings (SSSR count). The van der Waals surface area contributed by atoms with E-state index in [1.165, 1.54) is 0 Å². The number of hydrogen-bond donors (Lipinski definition) is 0. The molecule has 4 heteroatoms. The molecule has 1 saturated heterocycles. The van der Waals surface area contributed by atoms with Crippen molar-refractivity contribution in [1.82, 2.24) is 0 Å². The average molecular weight is 237 g/mol. The van der Waals surface area contributed by atoms with E-state index in [2.05, 4.69) is 15.9 Å². The Morgan fingerprint density at radius 3 is 2.17 bits per heavy atom. The van der Waals surface area contributed by atoms with Gasteiger partial charge < -0.3 is 9.47 Å². The maximum atomic E-state index is 11.0. The molecule has 1 heterocycles. The van der Waals surface area contributed by atoms with E-state index in [1.807, 2.05) is 20.8 Å². The summed E-state index contributed by atoms with van der Waals surface area (Å²) >= 11 is 3.07. The van der Waals surface area contributed by atoms with Crippen molar-refractivity contribution in [3.63, 3.8) is 0 Å². The molecule has 70 valence electrons. The molecule has 1 fully saturated rings. The monoisotopic (exact) mass is 236 g/mol. The second kappa shape index (κ2) is 2.70. The first-order valence-corrected chi connectivity index (χ1v) is 4.72. The predicted molar refractivity (Wildman–Crippen MR) is 47.8 cm³/mol.